The first kappa shape index (κ1) is 14.4. The van der Waals surface area contributed by atoms with Crippen molar-refractivity contribution < 1.29 is 17.9 Å². The highest BCUT2D eigenvalue weighted by Crippen LogP contribution is 2.32. The molecule has 0 aliphatic carbocycles. The standard InChI is InChI=1S/C13H14F3N3O/c1-8(17)9-3-5-10(6-4-9)19-12(20-2)7-11(18-19)13(14,15)16/h3-8H,17H2,1-2H3/t8-/m1/s1. The zero-order valence-corrected chi connectivity index (χ0v) is 11.0. The summed E-state index contributed by atoms with van der Waals surface area (Å²) < 4.78 is 44.0. The molecule has 20 heavy (non-hydrogen) atoms. The predicted molar refractivity (Wildman–Crippen MR) is 67.7 cm³/mol. The van der Waals surface area contributed by atoms with Crippen molar-refractivity contribution in [3.63, 3.8) is 0 Å². The smallest absolute Gasteiger partial charge is 0.435 e. The van der Waals surface area contributed by atoms with Crippen LogP contribution in [-0.4, -0.2) is 16.9 Å². The largest absolute Gasteiger partial charge is 0.481 e. The summed E-state index contributed by atoms with van der Waals surface area (Å²) in [7, 11) is 1.30. The minimum absolute atomic E-state index is 0.0193. The van der Waals surface area contributed by atoms with Gasteiger partial charge in [-0.1, -0.05) is 12.1 Å². The van der Waals surface area contributed by atoms with Gasteiger partial charge in [-0.25, -0.2) is 4.68 Å². The maximum atomic E-state index is 12.7. The zero-order valence-electron chi connectivity index (χ0n) is 11.0. The number of methoxy groups -OCH3 is 1. The number of benzene rings is 1. The van der Waals surface area contributed by atoms with Crippen LogP contribution in [0.25, 0.3) is 5.69 Å². The monoisotopic (exact) mass is 285 g/mol. The van der Waals surface area contributed by atoms with Crippen LogP contribution in [0, 0.1) is 0 Å². The molecule has 0 amide bonds. The van der Waals surface area contributed by atoms with Crippen LogP contribution in [0.2, 0.25) is 0 Å². The molecule has 0 spiro atoms. The Hall–Kier alpha value is -2.02. The average Bonchev–Trinajstić information content (AvgIpc) is 2.82. The molecular weight excluding hydrogens is 271 g/mol. The third-order valence-electron chi connectivity index (χ3n) is 2.84. The molecule has 1 aromatic heterocycles. The maximum absolute atomic E-state index is 12.7. The third kappa shape index (κ3) is 2.77. The zero-order chi connectivity index (χ0) is 14.9. The quantitative estimate of drug-likeness (QED) is 0.943. The van der Waals surface area contributed by atoms with E-state index in [0.29, 0.717) is 5.69 Å². The molecule has 0 aliphatic heterocycles. The number of rotatable bonds is 3. The highest BCUT2D eigenvalue weighted by Gasteiger charge is 2.35. The number of hydrogen-bond donors (Lipinski definition) is 1. The summed E-state index contributed by atoms with van der Waals surface area (Å²) in [6.07, 6.45) is -4.51. The summed E-state index contributed by atoms with van der Waals surface area (Å²) in [5, 5.41) is 3.53. The molecule has 2 aromatic rings. The highest BCUT2D eigenvalue weighted by molar-refractivity contribution is 5.39. The van der Waals surface area contributed by atoms with Crippen molar-refractivity contribution >= 4 is 0 Å². The molecule has 1 heterocycles. The molecule has 0 aliphatic rings. The summed E-state index contributed by atoms with van der Waals surface area (Å²) in [5.74, 6) is 0.0193. The Morgan fingerprint density at radius 3 is 2.30 bits per heavy atom. The molecule has 7 heteroatoms. The number of alkyl halides is 3. The average molecular weight is 285 g/mol. The summed E-state index contributed by atoms with van der Waals surface area (Å²) in [4.78, 5) is 0. The lowest BCUT2D eigenvalue weighted by Gasteiger charge is -2.09. The van der Waals surface area contributed by atoms with Gasteiger partial charge in [0, 0.05) is 12.1 Å². The second kappa shape index (κ2) is 5.16. The number of ether oxygens (including phenoxy) is 1. The van der Waals surface area contributed by atoms with Crippen LogP contribution in [0.1, 0.15) is 24.2 Å². The second-order valence-electron chi connectivity index (χ2n) is 4.36. The molecule has 0 radical (unpaired) electrons. The molecule has 0 unspecified atom stereocenters. The van der Waals surface area contributed by atoms with Crippen molar-refractivity contribution in [3.8, 4) is 11.6 Å². The Bertz CT molecular complexity index is 588. The molecular formula is C13H14F3N3O. The highest BCUT2D eigenvalue weighted by atomic mass is 19.4. The summed E-state index contributed by atoms with van der Waals surface area (Å²) in [6.45, 7) is 1.82. The summed E-state index contributed by atoms with van der Waals surface area (Å²) >= 11 is 0. The first-order valence-electron chi connectivity index (χ1n) is 5.90. The van der Waals surface area contributed by atoms with E-state index in [1.165, 1.54) is 7.11 Å². The molecule has 0 saturated carbocycles. The van der Waals surface area contributed by atoms with Crippen molar-refractivity contribution in [3.05, 3.63) is 41.6 Å². The molecule has 0 bridgehead atoms. The van der Waals surface area contributed by atoms with Crippen LogP contribution >= 0.6 is 0 Å². The van der Waals surface area contributed by atoms with Crippen LogP contribution in [0.15, 0.2) is 30.3 Å². The minimum atomic E-state index is -4.51. The first-order valence-corrected chi connectivity index (χ1v) is 5.90. The van der Waals surface area contributed by atoms with Gasteiger partial charge in [0.2, 0.25) is 5.88 Å². The van der Waals surface area contributed by atoms with E-state index < -0.39 is 11.9 Å². The van der Waals surface area contributed by atoms with Crippen molar-refractivity contribution in [2.24, 2.45) is 5.73 Å². The van der Waals surface area contributed by atoms with Gasteiger partial charge in [0.15, 0.2) is 5.69 Å². The van der Waals surface area contributed by atoms with Crippen LogP contribution < -0.4 is 10.5 Å². The van der Waals surface area contributed by atoms with Crippen LogP contribution in [0.5, 0.6) is 5.88 Å². The van der Waals surface area contributed by atoms with Crippen LogP contribution in [0.4, 0.5) is 13.2 Å². The lowest BCUT2D eigenvalue weighted by atomic mass is 10.1. The van der Waals surface area contributed by atoms with E-state index in [-0.39, 0.29) is 11.9 Å². The van der Waals surface area contributed by atoms with Gasteiger partial charge in [-0.3, -0.25) is 0 Å². The van der Waals surface area contributed by atoms with Gasteiger partial charge in [-0.2, -0.15) is 18.3 Å². The molecule has 0 saturated heterocycles. The molecule has 0 fully saturated rings. The van der Waals surface area contributed by atoms with Crippen LogP contribution in [-0.2, 0) is 6.18 Å². The first-order chi connectivity index (χ1) is 9.32. The maximum Gasteiger partial charge on any atom is 0.435 e. The molecule has 2 rings (SSSR count). The SMILES string of the molecule is COc1cc(C(F)(F)F)nn1-c1ccc([C@@H](C)N)cc1. The van der Waals surface area contributed by atoms with E-state index in [1.807, 2.05) is 6.92 Å². The van der Waals surface area contributed by atoms with E-state index in [0.717, 1.165) is 16.3 Å². The van der Waals surface area contributed by atoms with Gasteiger partial charge >= 0.3 is 6.18 Å². The van der Waals surface area contributed by atoms with Crippen molar-refractivity contribution in [1.82, 2.24) is 9.78 Å². The Balaban J connectivity index is 2.43. The molecule has 2 N–H and O–H groups in total. The predicted octanol–water partition coefficient (Wildman–Crippen LogP) is 2.92. The van der Waals surface area contributed by atoms with Gasteiger partial charge in [0.05, 0.1) is 12.8 Å². The van der Waals surface area contributed by atoms with Crippen molar-refractivity contribution in [2.75, 3.05) is 7.11 Å². The normalized spacial score (nSPS) is 13.3. The van der Waals surface area contributed by atoms with Crippen LogP contribution in [0.3, 0.4) is 0 Å². The van der Waals surface area contributed by atoms with Gasteiger partial charge in [-0.15, -0.1) is 0 Å². The molecule has 4 nitrogen and oxygen atoms in total. The number of nitrogens with two attached hydrogens (primary N) is 1. The molecule has 1 atom stereocenters. The van der Waals surface area contributed by atoms with Gasteiger partial charge < -0.3 is 10.5 Å². The summed E-state index contributed by atoms with van der Waals surface area (Å²) in [6, 6.07) is 7.50. The van der Waals surface area contributed by atoms with E-state index in [9.17, 15) is 13.2 Å². The van der Waals surface area contributed by atoms with E-state index in [4.69, 9.17) is 10.5 Å². The molecule has 108 valence electrons. The lowest BCUT2D eigenvalue weighted by molar-refractivity contribution is -0.141. The topological polar surface area (TPSA) is 53.1 Å². The fraction of sp³-hybridized carbons (Fsp3) is 0.308. The van der Waals surface area contributed by atoms with Gasteiger partial charge in [-0.05, 0) is 24.6 Å². The van der Waals surface area contributed by atoms with Gasteiger partial charge in [0.25, 0.3) is 0 Å². The number of halogens is 3. The number of hydrogen-bond acceptors (Lipinski definition) is 3. The second-order valence-corrected chi connectivity index (χ2v) is 4.36. The minimum Gasteiger partial charge on any atom is -0.481 e. The van der Waals surface area contributed by atoms with E-state index >= 15 is 0 Å². The lowest BCUT2D eigenvalue weighted by Crippen LogP contribution is -2.08. The summed E-state index contributed by atoms with van der Waals surface area (Å²) in [5.41, 5.74) is 6.09. The Kier molecular flexibility index (Phi) is 3.71. The number of aromatic nitrogens is 2. The Morgan fingerprint density at radius 2 is 1.85 bits per heavy atom. The van der Waals surface area contributed by atoms with Crippen molar-refractivity contribution in [2.45, 2.75) is 19.1 Å². The Labute approximate surface area is 114 Å². The molecule has 1 aromatic carbocycles. The van der Waals surface area contributed by atoms with E-state index in [1.54, 1.807) is 24.3 Å². The third-order valence-corrected chi connectivity index (χ3v) is 2.84. The van der Waals surface area contributed by atoms with Gasteiger partial charge in [0.1, 0.15) is 0 Å². The Morgan fingerprint density at radius 1 is 1.25 bits per heavy atom. The fourth-order valence-corrected chi connectivity index (χ4v) is 1.75. The van der Waals surface area contributed by atoms with E-state index in [2.05, 4.69) is 5.10 Å². The van der Waals surface area contributed by atoms with Crippen molar-refractivity contribution in [1.29, 1.82) is 0 Å². The fourth-order valence-electron chi connectivity index (χ4n) is 1.75. The number of nitrogens with zero attached hydrogens (tertiary/aromatic N) is 2.